The number of rotatable bonds is 10. The molecule has 24 heavy (non-hydrogen) atoms. The van der Waals surface area contributed by atoms with Crippen LogP contribution >= 0.6 is 0 Å². The first-order chi connectivity index (χ1) is 11.4. The highest BCUT2D eigenvalue weighted by atomic mass is 15.3. The van der Waals surface area contributed by atoms with Crippen molar-refractivity contribution >= 4 is 5.96 Å². The fraction of sp³-hybridized carbons (Fsp3) is 0.722. The predicted molar refractivity (Wildman–Crippen MR) is 101 cm³/mol. The van der Waals surface area contributed by atoms with Crippen molar-refractivity contribution in [2.24, 2.45) is 17.5 Å². The molecule has 1 aromatic rings. The van der Waals surface area contributed by atoms with Gasteiger partial charge < -0.3 is 15.2 Å². The van der Waals surface area contributed by atoms with Gasteiger partial charge in [-0.2, -0.15) is 0 Å². The van der Waals surface area contributed by atoms with E-state index in [1.54, 1.807) is 0 Å². The lowest BCUT2D eigenvalue weighted by atomic mass is 9.87. The number of aryl methyl sites for hydroxylation is 1. The average Bonchev–Trinajstić information content (AvgIpc) is 2.86. The van der Waals surface area contributed by atoms with E-state index in [9.17, 15) is 0 Å². The van der Waals surface area contributed by atoms with Crippen LogP contribution in [0.3, 0.4) is 0 Å². The number of nitrogens with zero attached hydrogens (tertiary/aromatic N) is 4. The Bertz CT molecular complexity index is 530. The molecule has 0 radical (unpaired) electrons. The Morgan fingerprint density at radius 2 is 2.04 bits per heavy atom. The van der Waals surface area contributed by atoms with E-state index in [-0.39, 0.29) is 5.41 Å². The number of aliphatic imine (C=N–C) groups is 1. The van der Waals surface area contributed by atoms with Crippen LogP contribution in [-0.4, -0.2) is 33.8 Å². The van der Waals surface area contributed by atoms with E-state index in [4.69, 9.17) is 0 Å². The predicted octanol–water partition coefficient (Wildman–Crippen LogP) is 2.95. The third-order valence-electron chi connectivity index (χ3n) is 4.17. The molecule has 1 rings (SSSR count). The minimum Gasteiger partial charge on any atom is -0.356 e. The van der Waals surface area contributed by atoms with Gasteiger partial charge in [-0.1, -0.05) is 46.1 Å². The summed E-state index contributed by atoms with van der Waals surface area (Å²) in [5.74, 6) is 2.54. The van der Waals surface area contributed by atoms with Gasteiger partial charge in [0.2, 0.25) is 0 Å². The summed E-state index contributed by atoms with van der Waals surface area (Å²) in [6.07, 6.45) is 6.87. The van der Waals surface area contributed by atoms with Crippen LogP contribution in [0.2, 0.25) is 0 Å². The zero-order valence-electron chi connectivity index (χ0n) is 16.0. The third kappa shape index (κ3) is 7.15. The van der Waals surface area contributed by atoms with Gasteiger partial charge in [0.1, 0.15) is 12.4 Å². The van der Waals surface area contributed by atoms with Crippen molar-refractivity contribution in [1.82, 2.24) is 25.4 Å². The maximum Gasteiger partial charge on any atom is 0.191 e. The maximum atomic E-state index is 4.63. The number of aromatic nitrogens is 3. The Balaban J connectivity index is 2.62. The molecule has 0 atom stereocenters. The molecule has 6 heteroatoms. The van der Waals surface area contributed by atoms with E-state index in [1.165, 1.54) is 25.7 Å². The summed E-state index contributed by atoms with van der Waals surface area (Å²) in [6.45, 7) is 14.6. The standard InChI is InChI=1S/C18H34N6/c1-7-9-10-11-18(4,5)14-21-17(19-12-8-2)20-13-16-23-22-15(3)24(16)6/h8H,2,7,9-14H2,1,3-6H3,(H2,19,20,21). The van der Waals surface area contributed by atoms with Gasteiger partial charge >= 0.3 is 0 Å². The van der Waals surface area contributed by atoms with Crippen LogP contribution in [0.1, 0.15) is 58.1 Å². The molecule has 0 saturated carbocycles. The molecule has 0 bridgehead atoms. The van der Waals surface area contributed by atoms with Gasteiger partial charge in [-0.25, -0.2) is 4.99 Å². The summed E-state index contributed by atoms with van der Waals surface area (Å²) >= 11 is 0. The van der Waals surface area contributed by atoms with Gasteiger partial charge in [0.15, 0.2) is 11.8 Å². The molecule has 2 N–H and O–H groups in total. The van der Waals surface area contributed by atoms with Crippen LogP contribution in [0.25, 0.3) is 0 Å². The lowest BCUT2D eigenvalue weighted by Crippen LogP contribution is -2.42. The summed E-state index contributed by atoms with van der Waals surface area (Å²) in [5, 5.41) is 14.9. The van der Waals surface area contributed by atoms with E-state index in [1.807, 2.05) is 24.6 Å². The number of hydrogen-bond donors (Lipinski definition) is 2. The summed E-state index contributed by atoms with van der Waals surface area (Å²) in [4.78, 5) is 4.63. The number of guanidine groups is 1. The lowest BCUT2D eigenvalue weighted by molar-refractivity contribution is 0.318. The average molecular weight is 335 g/mol. The summed E-state index contributed by atoms with van der Waals surface area (Å²) < 4.78 is 1.96. The Morgan fingerprint density at radius 1 is 1.29 bits per heavy atom. The van der Waals surface area contributed by atoms with Crippen molar-refractivity contribution in [3.63, 3.8) is 0 Å². The second-order valence-electron chi connectivity index (χ2n) is 7.03. The van der Waals surface area contributed by atoms with E-state index in [0.29, 0.717) is 13.1 Å². The zero-order valence-corrected chi connectivity index (χ0v) is 16.0. The summed E-state index contributed by atoms with van der Waals surface area (Å²) in [6, 6.07) is 0. The van der Waals surface area contributed by atoms with Gasteiger partial charge in [0.05, 0.1) is 0 Å². The summed E-state index contributed by atoms with van der Waals surface area (Å²) in [5.41, 5.74) is 0.243. The number of hydrogen-bond acceptors (Lipinski definition) is 3. The van der Waals surface area contributed by atoms with Crippen LogP contribution in [0.4, 0.5) is 0 Å². The number of nitrogens with one attached hydrogen (secondary N) is 2. The highest BCUT2D eigenvalue weighted by molar-refractivity contribution is 5.79. The smallest absolute Gasteiger partial charge is 0.191 e. The van der Waals surface area contributed by atoms with Crippen LogP contribution in [-0.2, 0) is 13.6 Å². The largest absolute Gasteiger partial charge is 0.356 e. The third-order valence-corrected chi connectivity index (χ3v) is 4.17. The molecular weight excluding hydrogens is 300 g/mol. The van der Waals surface area contributed by atoms with Gasteiger partial charge in [-0.15, -0.1) is 16.8 Å². The Morgan fingerprint density at radius 3 is 2.62 bits per heavy atom. The monoisotopic (exact) mass is 334 g/mol. The van der Waals surface area contributed by atoms with E-state index in [0.717, 1.165) is 24.2 Å². The summed E-state index contributed by atoms with van der Waals surface area (Å²) in [7, 11) is 1.96. The first-order valence-electron chi connectivity index (χ1n) is 8.87. The van der Waals surface area contributed by atoms with Gasteiger partial charge in [0.25, 0.3) is 0 Å². The van der Waals surface area contributed by atoms with Crippen molar-refractivity contribution in [3.05, 3.63) is 24.3 Å². The second-order valence-corrected chi connectivity index (χ2v) is 7.03. The van der Waals surface area contributed by atoms with Crippen LogP contribution in [0.5, 0.6) is 0 Å². The van der Waals surface area contributed by atoms with Crippen molar-refractivity contribution < 1.29 is 0 Å². The lowest BCUT2D eigenvalue weighted by Gasteiger charge is -2.26. The van der Waals surface area contributed by atoms with Gasteiger partial charge in [-0.05, 0) is 18.8 Å². The zero-order chi connectivity index (χ0) is 18.0. The Labute approximate surface area is 146 Å². The van der Waals surface area contributed by atoms with E-state index >= 15 is 0 Å². The second kappa shape index (κ2) is 10.1. The Kier molecular flexibility index (Phi) is 8.50. The molecule has 0 spiro atoms. The van der Waals surface area contributed by atoms with Crippen molar-refractivity contribution in [3.8, 4) is 0 Å². The van der Waals surface area contributed by atoms with Crippen LogP contribution < -0.4 is 10.6 Å². The van der Waals surface area contributed by atoms with Gasteiger partial charge in [-0.3, -0.25) is 0 Å². The molecule has 0 aliphatic rings. The minimum atomic E-state index is 0.243. The highest BCUT2D eigenvalue weighted by Crippen LogP contribution is 2.22. The molecule has 0 fully saturated rings. The fourth-order valence-corrected chi connectivity index (χ4v) is 2.35. The first-order valence-corrected chi connectivity index (χ1v) is 8.87. The topological polar surface area (TPSA) is 67.1 Å². The van der Waals surface area contributed by atoms with Crippen molar-refractivity contribution in [2.45, 2.75) is 59.9 Å². The van der Waals surface area contributed by atoms with Gasteiger partial charge in [0, 0.05) is 20.1 Å². The van der Waals surface area contributed by atoms with Crippen molar-refractivity contribution in [1.29, 1.82) is 0 Å². The normalized spacial score (nSPS) is 12.3. The first kappa shape index (κ1) is 20.2. The van der Waals surface area contributed by atoms with Crippen LogP contribution in [0.15, 0.2) is 17.6 Å². The Hall–Kier alpha value is -1.85. The molecule has 0 amide bonds. The molecule has 136 valence electrons. The quantitative estimate of drug-likeness (QED) is 0.299. The molecule has 0 unspecified atom stereocenters. The van der Waals surface area contributed by atoms with Crippen molar-refractivity contribution in [2.75, 3.05) is 13.1 Å². The molecule has 1 heterocycles. The molecule has 0 aliphatic heterocycles. The minimum absolute atomic E-state index is 0.243. The molecule has 0 aromatic carbocycles. The van der Waals surface area contributed by atoms with Crippen LogP contribution in [0, 0.1) is 12.3 Å². The number of unbranched alkanes of at least 4 members (excludes halogenated alkanes) is 2. The SMILES string of the molecule is C=CCNC(=NCc1nnc(C)n1C)NCC(C)(C)CCCCC. The fourth-order valence-electron chi connectivity index (χ4n) is 2.35. The molecular formula is C18H34N6. The van der Waals surface area contributed by atoms with E-state index in [2.05, 4.69) is 53.2 Å². The molecule has 0 saturated heterocycles. The molecule has 0 aliphatic carbocycles. The molecule has 1 aromatic heterocycles. The maximum absolute atomic E-state index is 4.63. The van der Waals surface area contributed by atoms with E-state index < -0.39 is 0 Å². The molecule has 6 nitrogen and oxygen atoms in total. The highest BCUT2D eigenvalue weighted by Gasteiger charge is 2.17.